The normalized spacial score (nSPS) is 15.5. The molecular formula is C25H32N6O2. The third-order valence-corrected chi connectivity index (χ3v) is 6.62. The minimum absolute atomic E-state index is 0.0348. The number of amides is 1. The Hall–Kier alpha value is -3.42. The van der Waals surface area contributed by atoms with Crippen molar-refractivity contribution in [3.63, 3.8) is 0 Å². The zero-order valence-corrected chi connectivity index (χ0v) is 19.8. The van der Waals surface area contributed by atoms with Gasteiger partial charge in [-0.1, -0.05) is 30.3 Å². The van der Waals surface area contributed by atoms with Gasteiger partial charge in [0.25, 0.3) is 5.56 Å². The highest BCUT2D eigenvalue weighted by Gasteiger charge is 2.27. The molecule has 1 atom stereocenters. The molecule has 0 spiro atoms. The molecular weight excluding hydrogens is 416 g/mol. The van der Waals surface area contributed by atoms with Crippen LogP contribution in [0, 0.1) is 19.8 Å². The summed E-state index contributed by atoms with van der Waals surface area (Å²) < 4.78 is 3.33. The number of nitrogens with zero attached hydrogens (tertiary/aromatic N) is 5. The molecule has 3 heterocycles. The number of rotatable bonds is 6. The van der Waals surface area contributed by atoms with Gasteiger partial charge in [-0.3, -0.25) is 14.3 Å². The molecule has 4 rings (SSSR count). The van der Waals surface area contributed by atoms with Crippen LogP contribution in [0.1, 0.15) is 48.3 Å². The highest BCUT2D eigenvalue weighted by molar-refractivity contribution is 5.79. The minimum atomic E-state index is -0.118. The van der Waals surface area contributed by atoms with E-state index >= 15 is 0 Å². The second-order valence-electron chi connectivity index (χ2n) is 8.89. The number of carbonyl (C=O) groups is 1. The molecule has 8 nitrogen and oxygen atoms in total. The maximum Gasteiger partial charge on any atom is 0.269 e. The SMILES string of the molecule is Cc1nn(C)c(C)c1[C@H](C)NC(=O)C1CCN(c2cnn(Cc3ccccc3)c(=O)c2)CC1. The number of hydrogen-bond acceptors (Lipinski definition) is 5. The van der Waals surface area contributed by atoms with E-state index in [2.05, 4.69) is 20.4 Å². The van der Waals surface area contributed by atoms with Crippen molar-refractivity contribution in [2.75, 3.05) is 18.0 Å². The van der Waals surface area contributed by atoms with Crippen LogP contribution in [0.25, 0.3) is 0 Å². The van der Waals surface area contributed by atoms with E-state index in [1.807, 2.05) is 62.8 Å². The largest absolute Gasteiger partial charge is 0.370 e. The van der Waals surface area contributed by atoms with E-state index < -0.39 is 0 Å². The standard InChI is InChI=1S/C25H32N6O2/c1-17(24-18(2)28-29(4)19(24)3)27-25(33)21-10-12-30(13-11-21)22-14-23(32)31(26-15-22)16-20-8-6-5-7-9-20/h5-9,14-15,17,21H,10-13,16H2,1-4H3,(H,27,33)/t17-/m0/s1. The molecule has 1 aromatic carbocycles. The van der Waals surface area contributed by atoms with Crippen molar-refractivity contribution in [1.29, 1.82) is 0 Å². The molecule has 1 fully saturated rings. The van der Waals surface area contributed by atoms with Gasteiger partial charge in [0.15, 0.2) is 0 Å². The van der Waals surface area contributed by atoms with Gasteiger partial charge in [-0.15, -0.1) is 0 Å². The van der Waals surface area contributed by atoms with Gasteiger partial charge < -0.3 is 10.2 Å². The summed E-state index contributed by atoms with van der Waals surface area (Å²) in [5, 5.41) is 12.0. The maximum atomic E-state index is 12.9. The summed E-state index contributed by atoms with van der Waals surface area (Å²) in [5.74, 6) is 0.0496. The molecule has 174 valence electrons. The third-order valence-electron chi connectivity index (χ3n) is 6.62. The Morgan fingerprint density at radius 3 is 2.48 bits per heavy atom. The highest BCUT2D eigenvalue weighted by atomic mass is 16.2. The lowest BCUT2D eigenvalue weighted by atomic mass is 9.94. The first-order valence-electron chi connectivity index (χ1n) is 11.5. The van der Waals surface area contributed by atoms with Gasteiger partial charge in [-0.2, -0.15) is 10.2 Å². The molecule has 1 amide bonds. The number of benzene rings is 1. The maximum absolute atomic E-state index is 12.9. The van der Waals surface area contributed by atoms with Crippen LogP contribution in [0.5, 0.6) is 0 Å². The van der Waals surface area contributed by atoms with Crippen molar-refractivity contribution in [3.8, 4) is 0 Å². The molecule has 1 aliphatic heterocycles. The van der Waals surface area contributed by atoms with Crippen molar-refractivity contribution in [3.05, 3.63) is 75.5 Å². The molecule has 0 radical (unpaired) electrons. The number of anilines is 1. The number of piperidine rings is 1. The summed E-state index contributed by atoms with van der Waals surface area (Å²) in [6, 6.07) is 11.4. The molecule has 0 unspecified atom stereocenters. The van der Waals surface area contributed by atoms with E-state index in [0.717, 1.165) is 54.1 Å². The second-order valence-corrected chi connectivity index (χ2v) is 8.89. The first-order valence-corrected chi connectivity index (χ1v) is 11.5. The number of nitrogens with one attached hydrogen (secondary N) is 1. The van der Waals surface area contributed by atoms with E-state index in [1.165, 1.54) is 4.68 Å². The molecule has 8 heteroatoms. The number of aryl methyl sites for hydroxylation is 2. The van der Waals surface area contributed by atoms with E-state index in [0.29, 0.717) is 6.54 Å². The Balaban J connectivity index is 1.34. The molecule has 33 heavy (non-hydrogen) atoms. The van der Waals surface area contributed by atoms with Gasteiger partial charge in [0, 0.05) is 43.4 Å². The molecule has 1 N–H and O–H groups in total. The van der Waals surface area contributed by atoms with Gasteiger partial charge in [-0.25, -0.2) is 4.68 Å². The molecule has 0 saturated carbocycles. The molecule has 1 saturated heterocycles. The molecule has 2 aromatic heterocycles. The lowest BCUT2D eigenvalue weighted by molar-refractivity contribution is -0.126. The minimum Gasteiger partial charge on any atom is -0.370 e. The Labute approximate surface area is 194 Å². The Kier molecular flexibility index (Phi) is 6.62. The zero-order chi connectivity index (χ0) is 23.5. The number of aromatic nitrogens is 4. The van der Waals surface area contributed by atoms with Gasteiger partial charge in [0.05, 0.1) is 30.2 Å². The predicted octanol–water partition coefficient (Wildman–Crippen LogP) is 2.74. The van der Waals surface area contributed by atoms with E-state index in [1.54, 1.807) is 12.3 Å². The van der Waals surface area contributed by atoms with Crippen LogP contribution >= 0.6 is 0 Å². The van der Waals surface area contributed by atoms with E-state index in [4.69, 9.17) is 0 Å². The van der Waals surface area contributed by atoms with Crippen LogP contribution in [-0.2, 0) is 18.4 Å². The molecule has 1 aliphatic rings. The van der Waals surface area contributed by atoms with Crippen LogP contribution in [0.4, 0.5) is 5.69 Å². The van der Waals surface area contributed by atoms with Gasteiger partial charge in [0.2, 0.25) is 5.91 Å². The Morgan fingerprint density at radius 1 is 1.18 bits per heavy atom. The summed E-state index contributed by atoms with van der Waals surface area (Å²) in [6.45, 7) is 7.92. The van der Waals surface area contributed by atoms with Gasteiger partial charge in [0.1, 0.15) is 0 Å². The second kappa shape index (κ2) is 9.60. The van der Waals surface area contributed by atoms with E-state index in [9.17, 15) is 9.59 Å². The fourth-order valence-electron chi connectivity index (χ4n) is 4.69. The number of hydrogen-bond donors (Lipinski definition) is 1. The van der Waals surface area contributed by atoms with Crippen LogP contribution in [0.3, 0.4) is 0 Å². The molecule has 3 aromatic rings. The van der Waals surface area contributed by atoms with Crippen LogP contribution in [0.2, 0.25) is 0 Å². The Bertz CT molecular complexity index is 1180. The number of carbonyl (C=O) groups excluding carboxylic acids is 1. The lowest BCUT2D eigenvalue weighted by Gasteiger charge is -2.33. The van der Waals surface area contributed by atoms with Crippen molar-refractivity contribution < 1.29 is 4.79 Å². The monoisotopic (exact) mass is 448 g/mol. The van der Waals surface area contributed by atoms with Gasteiger partial charge >= 0.3 is 0 Å². The summed E-state index contributed by atoms with van der Waals surface area (Å²) in [5.41, 5.74) is 4.85. The lowest BCUT2D eigenvalue weighted by Crippen LogP contribution is -2.41. The van der Waals surface area contributed by atoms with Crippen molar-refractivity contribution >= 4 is 11.6 Å². The summed E-state index contributed by atoms with van der Waals surface area (Å²) in [7, 11) is 1.92. The fourth-order valence-corrected chi connectivity index (χ4v) is 4.69. The molecule has 0 aliphatic carbocycles. The Morgan fingerprint density at radius 2 is 1.88 bits per heavy atom. The van der Waals surface area contributed by atoms with Crippen molar-refractivity contribution in [2.45, 2.75) is 46.2 Å². The van der Waals surface area contributed by atoms with Crippen LogP contribution < -0.4 is 15.8 Å². The van der Waals surface area contributed by atoms with Crippen molar-refractivity contribution in [2.24, 2.45) is 13.0 Å². The topological polar surface area (TPSA) is 85.1 Å². The third kappa shape index (κ3) is 4.99. The fraction of sp³-hybridized carbons (Fsp3) is 0.440. The summed E-state index contributed by atoms with van der Waals surface area (Å²) in [6.07, 6.45) is 3.24. The van der Waals surface area contributed by atoms with Crippen LogP contribution in [-0.4, -0.2) is 38.6 Å². The predicted molar refractivity (Wildman–Crippen MR) is 128 cm³/mol. The average Bonchev–Trinajstić information content (AvgIpc) is 3.07. The smallest absolute Gasteiger partial charge is 0.269 e. The van der Waals surface area contributed by atoms with Gasteiger partial charge in [-0.05, 0) is 39.2 Å². The van der Waals surface area contributed by atoms with Crippen molar-refractivity contribution in [1.82, 2.24) is 24.9 Å². The average molecular weight is 449 g/mol. The first kappa shape index (κ1) is 22.8. The zero-order valence-electron chi connectivity index (χ0n) is 19.8. The summed E-state index contributed by atoms with van der Waals surface area (Å²) >= 11 is 0. The quantitative estimate of drug-likeness (QED) is 0.627. The van der Waals surface area contributed by atoms with Crippen LogP contribution in [0.15, 0.2) is 47.4 Å². The molecule has 0 bridgehead atoms. The first-order chi connectivity index (χ1) is 15.8. The van der Waals surface area contributed by atoms with E-state index in [-0.39, 0.29) is 23.4 Å². The summed E-state index contributed by atoms with van der Waals surface area (Å²) in [4.78, 5) is 27.6. The highest BCUT2D eigenvalue weighted by Crippen LogP contribution is 2.25.